The van der Waals surface area contributed by atoms with Crippen LogP contribution in [0.15, 0.2) is 29.4 Å². The maximum absolute atomic E-state index is 8.52. The van der Waals surface area contributed by atoms with Crippen molar-refractivity contribution in [3.63, 3.8) is 0 Å². The molecule has 0 fully saturated rings. The maximum atomic E-state index is 8.52. The average Bonchev–Trinajstić information content (AvgIpc) is 2.18. The van der Waals surface area contributed by atoms with Crippen LogP contribution >= 0.6 is 0 Å². The fraction of sp³-hybridized carbons (Fsp3) is 0.300. The fourth-order valence-corrected chi connectivity index (χ4v) is 1.07. The Labute approximate surface area is 77.6 Å². The molecule has 0 aliphatic carbocycles. The minimum atomic E-state index is 0.607. The first kappa shape index (κ1) is 9.74. The summed E-state index contributed by atoms with van der Waals surface area (Å²) in [5, 5.41) is 11.6. The molecule has 0 aromatic heterocycles. The SMILES string of the molecule is COCc1ccc(/C(C)=N/O)cc1. The van der Waals surface area contributed by atoms with Crippen molar-refractivity contribution in [2.24, 2.45) is 5.16 Å². The fourth-order valence-electron chi connectivity index (χ4n) is 1.07. The molecule has 0 saturated heterocycles. The molecule has 0 amide bonds. The van der Waals surface area contributed by atoms with E-state index in [1.54, 1.807) is 14.0 Å². The molecule has 0 radical (unpaired) electrons. The lowest BCUT2D eigenvalue weighted by atomic mass is 10.1. The van der Waals surface area contributed by atoms with E-state index in [-0.39, 0.29) is 0 Å². The van der Waals surface area contributed by atoms with Crippen LogP contribution in [-0.4, -0.2) is 18.0 Å². The number of benzene rings is 1. The minimum absolute atomic E-state index is 0.607. The summed E-state index contributed by atoms with van der Waals surface area (Å²) in [4.78, 5) is 0. The average molecular weight is 179 g/mol. The van der Waals surface area contributed by atoms with Crippen LogP contribution in [0.25, 0.3) is 0 Å². The molecule has 1 aromatic rings. The Balaban J connectivity index is 2.81. The molecule has 1 N–H and O–H groups in total. The Bertz CT molecular complexity index is 290. The van der Waals surface area contributed by atoms with Crippen molar-refractivity contribution in [2.45, 2.75) is 13.5 Å². The van der Waals surface area contributed by atoms with Gasteiger partial charge in [-0.15, -0.1) is 0 Å². The number of hydrogen-bond donors (Lipinski definition) is 1. The van der Waals surface area contributed by atoms with Gasteiger partial charge in [-0.25, -0.2) is 0 Å². The van der Waals surface area contributed by atoms with Gasteiger partial charge in [-0.2, -0.15) is 0 Å². The molecule has 13 heavy (non-hydrogen) atoms. The van der Waals surface area contributed by atoms with E-state index < -0.39 is 0 Å². The van der Waals surface area contributed by atoms with Gasteiger partial charge < -0.3 is 9.94 Å². The lowest BCUT2D eigenvalue weighted by Crippen LogP contribution is -1.95. The van der Waals surface area contributed by atoms with Crippen LogP contribution in [0.4, 0.5) is 0 Å². The van der Waals surface area contributed by atoms with Crippen molar-refractivity contribution in [1.82, 2.24) is 0 Å². The predicted molar refractivity (Wildman–Crippen MR) is 51.2 cm³/mol. The molecule has 3 heteroatoms. The van der Waals surface area contributed by atoms with E-state index in [1.807, 2.05) is 24.3 Å². The molecule has 0 spiro atoms. The summed E-state index contributed by atoms with van der Waals surface area (Å²) < 4.78 is 4.97. The van der Waals surface area contributed by atoms with Gasteiger partial charge in [0, 0.05) is 7.11 Å². The first-order chi connectivity index (χ1) is 6.27. The molecular weight excluding hydrogens is 166 g/mol. The van der Waals surface area contributed by atoms with Gasteiger partial charge in [0.25, 0.3) is 0 Å². The van der Waals surface area contributed by atoms with Gasteiger partial charge in [0.2, 0.25) is 0 Å². The van der Waals surface area contributed by atoms with Gasteiger partial charge in [-0.05, 0) is 18.1 Å². The van der Waals surface area contributed by atoms with Crippen molar-refractivity contribution in [3.8, 4) is 0 Å². The minimum Gasteiger partial charge on any atom is -0.411 e. The molecule has 0 heterocycles. The molecule has 1 rings (SSSR count). The lowest BCUT2D eigenvalue weighted by Gasteiger charge is -2.01. The number of oxime groups is 1. The van der Waals surface area contributed by atoms with Gasteiger partial charge in [-0.3, -0.25) is 0 Å². The van der Waals surface area contributed by atoms with Crippen LogP contribution in [0, 0.1) is 0 Å². The maximum Gasteiger partial charge on any atom is 0.0836 e. The zero-order chi connectivity index (χ0) is 9.68. The van der Waals surface area contributed by atoms with Crippen molar-refractivity contribution < 1.29 is 9.94 Å². The summed E-state index contributed by atoms with van der Waals surface area (Å²) in [6, 6.07) is 7.72. The topological polar surface area (TPSA) is 41.8 Å². The predicted octanol–water partition coefficient (Wildman–Crippen LogP) is 2.03. The molecule has 0 aliphatic heterocycles. The zero-order valence-electron chi connectivity index (χ0n) is 7.82. The molecule has 0 unspecified atom stereocenters. The second kappa shape index (κ2) is 4.62. The summed E-state index contributed by atoms with van der Waals surface area (Å²) in [5.74, 6) is 0. The molecule has 0 saturated carbocycles. The third kappa shape index (κ3) is 2.56. The Kier molecular flexibility index (Phi) is 3.46. The summed E-state index contributed by atoms with van der Waals surface area (Å²) >= 11 is 0. The summed E-state index contributed by atoms with van der Waals surface area (Å²) in [6.07, 6.45) is 0. The highest BCUT2D eigenvalue weighted by Gasteiger charge is 1.97. The number of methoxy groups -OCH3 is 1. The highest BCUT2D eigenvalue weighted by molar-refractivity contribution is 5.98. The van der Waals surface area contributed by atoms with Gasteiger partial charge in [0.05, 0.1) is 12.3 Å². The largest absolute Gasteiger partial charge is 0.411 e. The van der Waals surface area contributed by atoms with Crippen LogP contribution in [0.5, 0.6) is 0 Å². The van der Waals surface area contributed by atoms with E-state index in [4.69, 9.17) is 9.94 Å². The summed E-state index contributed by atoms with van der Waals surface area (Å²) in [7, 11) is 1.66. The molecular formula is C10H13NO2. The van der Waals surface area contributed by atoms with Crippen molar-refractivity contribution >= 4 is 5.71 Å². The Morgan fingerprint density at radius 3 is 2.46 bits per heavy atom. The van der Waals surface area contributed by atoms with Gasteiger partial charge in [0.15, 0.2) is 0 Å². The number of nitrogens with zero attached hydrogens (tertiary/aromatic N) is 1. The quantitative estimate of drug-likeness (QED) is 0.438. The second-order valence-corrected chi connectivity index (χ2v) is 2.82. The molecule has 0 aliphatic rings. The smallest absolute Gasteiger partial charge is 0.0836 e. The monoisotopic (exact) mass is 179 g/mol. The van der Waals surface area contributed by atoms with Gasteiger partial charge in [-0.1, -0.05) is 29.4 Å². The van der Waals surface area contributed by atoms with E-state index in [0.29, 0.717) is 12.3 Å². The van der Waals surface area contributed by atoms with Crippen LogP contribution in [0.1, 0.15) is 18.1 Å². The highest BCUT2D eigenvalue weighted by atomic mass is 16.5. The number of rotatable bonds is 3. The molecule has 0 bridgehead atoms. The molecule has 70 valence electrons. The standard InChI is InChI=1S/C10H13NO2/c1-8(11-12)10-5-3-9(4-6-10)7-13-2/h3-6,12H,7H2,1-2H3/b11-8+. The van der Waals surface area contributed by atoms with Gasteiger partial charge >= 0.3 is 0 Å². The normalized spacial score (nSPS) is 11.7. The van der Waals surface area contributed by atoms with Crippen molar-refractivity contribution in [1.29, 1.82) is 0 Å². The van der Waals surface area contributed by atoms with Crippen molar-refractivity contribution in [3.05, 3.63) is 35.4 Å². The van der Waals surface area contributed by atoms with Crippen LogP contribution in [0.2, 0.25) is 0 Å². The van der Waals surface area contributed by atoms with Crippen LogP contribution in [0.3, 0.4) is 0 Å². The molecule has 1 aromatic carbocycles. The van der Waals surface area contributed by atoms with Crippen molar-refractivity contribution in [2.75, 3.05) is 7.11 Å². The highest BCUT2D eigenvalue weighted by Crippen LogP contribution is 2.06. The van der Waals surface area contributed by atoms with E-state index >= 15 is 0 Å². The Morgan fingerprint density at radius 2 is 2.00 bits per heavy atom. The zero-order valence-corrected chi connectivity index (χ0v) is 7.82. The number of ether oxygens (including phenoxy) is 1. The molecule has 3 nitrogen and oxygen atoms in total. The third-order valence-electron chi connectivity index (χ3n) is 1.83. The summed E-state index contributed by atoms with van der Waals surface area (Å²) in [5.41, 5.74) is 2.64. The van der Waals surface area contributed by atoms with Crippen LogP contribution < -0.4 is 0 Å². The van der Waals surface area contributed by atoms with E-state index in [0.717, 1.165) is 11.1 Å². The first-order valence-corrected chi connectivity index (χ1v) is 4.05. The van der Waals surface area contributed by atoms with Gasteiger partial charge in [0.1, 0.15) is 0 Å². The third-order valence-corrected chi connectivity index (χ3v) is 1.83. The lowest BCUT2D eigenvalue weighted by molar-refractivity contribution is 0.185. The second-order valence-electron chi connectivity index (χ2n) is 2.82. The van der Waals surface area contributed by atoms with E-state index in [1.165, 1.54) is 0 Å². The van der Waals surface area contributed by atoms with E-state index in [9.17, 15) is 0 Å². The number of hydrogen-bond acceptors (Lipinski definition) is 3. The first-order valence-electron chi connectivity index (χ1n) is 4.05. The van der Waals surface area contributed by atoms with E-state index in [2.05, 4.69) is 5.16 Å². The Morgan fingerprint density at radius 1 is 1.38 bits per heavy atom. The van der Waals surface area contributed by atoms with Crippen LogP contribution in [-0.2, 0) is 11.3 Å². The summed E-state index contributed by atoms with van der Waals surface area (Å²) in [6.45, 7) is 2.36. The molecule has 0 atom stereocenters. The Hall–Kier alpha value is -1.35.